The van der Waals surface area contributed by atoms with Crippen LogP contribution < -0.4 is 0 Å². The van der Waals surface area contributed by atoms with E-state index in [1.165, 1.54) is 86.6 Å². The molecule has 8 aromatic carbocycles. The quantitative estimate of drug-likeness (QED) is 0.185. The standard InChI is InChI=1S/C44H28S/c1-28-35-14-6-7-19-43(35)45-44-23-21-34(26-41(28)44)32-13-9-11-30(25-32)29-10-8-12-31(24-29)33-20-22-40-38-17-3-2-15-36(38)37-16-4-5-18-39(37)42(40)27-33/h2-27H,1H2. The van der Waals surface area contributed by atoms with E-state index in [2.05, 4.69) is 164 Å². The second-order valence-electron chi connectivity index (χ2n) is 11.8. The van der Waals surface area contributed by atoms with Gasteiger partial charge in [-0.2, -0.15) is 0 Å². The summed E-state index contributed by atoms with van der Waals surface area (Å²) in [6, 6.07) is 57.7. The van der Waals surface area contributed by atoms with Crippen LogP contribution in [0.25, 0.3) is 71.3 Å². The van der Waals surface area contributed by atoms with Crippen LogP contribution in [0.3, 0.4) is 0 Å². The SMILES string of the molecule is C=C1c2ccccc2Sc2ccc(-c3cccc(-c4cccc(-c5ccc6c7ccccc7c7ccccc7c6c5)c4)c3)cc21. The fourth-order valence-corrected chi connectivity index (χ4v) is 8.06. The molecule has 1 aliphatic rings. The molecule has 0 fully saturated rings. The van der Waals surface area contributed by atoms with Crippen molar-refractivity contribution in [2.45, 2.75) is 9.79 Å². The van der Waals surface area contributed by atoms with Crippen molar-refractivity contribution in [1.82, 2.24) is 0 Å². The van der Waals surface area contributed by atoms with Crippen LogP contribution in [0.2, 0.25) is 0 Å². The Bertz CT molecular complexity index is 2450. The summed E-state index contributed by atoms with van der Waals surface area (Å²) in [7, 11) is 0. The van der Waals surface area contributed by atoms with Crippen molar-refractivity contribution >= 4 is 49.7 Å². The molecule has 0 saturated heterocycles. The summed E-state index contributed by atoms with van der Waals surface area (Å²) in [5, 5.41) is 7.80. The Morgan fingerprint density at radius 3 is 1.38 bits per heavy atom. The van der Waals surface area contributed by atoms with E-state index in [1.54, 1.807) is 0 Å². The highest BCUT2D eigenvalue weighted by molar-refractivity contribution is 7.99. The van der Waals surface area contributed by atoms with E-state index in [1.807, 2.05) is 11.8 Å². The third-order valence-electron chi connectivity index (χ3n) is 9.21. The van der Waals surface area contributed by atoms with Gasteiger partial charge in [0.25, 0.3) is 0 Å². The molecule has 0 aromatic heterocycles. The summed E-state index contributed by atoms with van der Waals surface area (Å²) < 4.78 is 0. The van der Waals surface area contributed by atoms with Gasteiger partial charge in [0.15, 0.2) is 0 Å². The van der Waals surface area contributed by atoms with E-state index in [9.17, 15) is 0 Å². The van der Waals surface area contributed by atoms with Crippen LogP contribution in [-0.2, 0) is 0 Å². The van der Waals surface area contributed by atoms with Crippen molar-refractivity contribution in [2.24, 2.45) is 0 Å². The Labute approximate surface area is 267 Å². The largest absolute Gasteiger partial charge is 0.0905 e. The van der Waals surface area contributed by atoms with Crippen molar-refractivity contribution in [3.8, 4) is 33.4 Å². The van der Waals surface area contributed by atoms with Gasteiger partial charge in [-0.3, -0.25) is 0 Å². The molecule has 0 saturated carbocycles. The third kappa shape index (κ3) is 4.31. The van der Waals surface area contributed by atoms with Crippen LogP contribution >= 0.6 is 11.8 Å². The van der Waals surface area contributed by atoms with Gasteiger partial charge < -0.3 is 0 Å². The van der Waals surface area contributed by atoms with E-state index in [4.69, 9.17) is 0 Å². The van der Waals surface area contributed by atoms with Crippen LogP contribution in [-0.4, -0.2) is 0 Å². The van der Waals surface area contributed by atoms with Crippen LogP contribution in [0.15, 0.2) is 174 Å². The molecule has 0 radical (unpaired) electrons. The average molecular weight is 589 g/mol. The Hall–Kier alpha value is -5.37. The molecule has 0 aliphatic carbocycles. The van der Waals surface area contributed by atoms with Gasteiger partial charge in [0.1, 0.15) is 0 Å². The van der Waals surface area contributed by atoms with E-state index in [0.29, 0.717) is 0 Å². The minimum Gasteiger partial charge on any atom is -0.0905 e. The number of hydrogen-bond acceptors (Lipinski definition) is 1. The lowest BCUT2D eigenvalue weighted by Gasteiger charge is -2.22. The molecule has 210 valence electrons. The van der Waals surface area contributed by atoms with Crippen molar-refractivity contribution in [2.75, 3.05) is 0 Å². The monoisotopic (exact) mass is 588 g/mol. The van der Waals surface area contributed by atoms with Crippen molar-refractivity contribution in [1.29, 1.82) is 0 Å². The second-order valence-corrected chi connectivity index (χ2v) is 12.9. The maximum atomic E-state index is 4.47. The average Bonchev–Trinajstić information content (AvgIpc) is 3.12. The Morgan fingerprint density at radius 1 is 0.311 bits per heavy atom. The predicted octanol–water partition coefficient (Wildman–Crippen LogP) is 12.7. The van der Waals surface area contributed by atoms with E-state index in [0.717, 1.165) is 5.57 Å². The molecule has 8 aromatic rings. The Morgan fingerprint density at radius 2 is 0.756 bits per heavy atom. The van der Waals surface area contributed by atoms with Gasteiger partial charge in [0.05, 0.1) is 0 Å². The minimum atomic E-state index is 1.10. The van der Waals surface area contributed by atoms with E-state index < -0.39 is 0 Å². The lowest BCUT2D eigenvalue weighted by Crippen LogP contribution is -1.98. The second kappa shape index (κ2) is 10.4. The van der Waals surface area contributed by atoms with Crippen molar-refractivity contribution in [3.63, 3.8) is 0 Å². The predicted molar refractivity (Wildman–Crippen MR) is 194 cm³/mol. The van der Waals surface area contributed by atoms with Crippen molar-refractivity contribution in [3.05, 3.63) is 175 Å². The zero-order valence-corrected chi connectivity index (χ0v) is 25.4. The topological polar surface area (TPSA) is 0 Å². The van der Waals surface area contributed by atoms with Gasteiger partial charge in [0, 0.05) is 9.79 Å². The molecule has 0 spiro atoms. The van der Waals surface area contributed by atoms with Gasteiger partial charge in [0.2, 0.25) is 0 Å². The van der Waals surface area contributed by atoms with Gasteiger partial charge in [-0.25, -0.2) is 0 Å². The molecule has 0 amide bonds. The summed E-state index contributed by atoms with van der Waals surface area (Å²) in [6.07, 6.45) is 0. The third-order valence-corrected chi connectivity index (χ3v) is 10.4. The molecule has 1 heteroatoms. The number of hydrogen-bond donors (Lipinski definition) is 0. The molecule has 1 heterocycles. The maximum Gasteiger partial charge on any atom is 0.0201 e. The zero-order valence-electron chi connectivity index (χ0n) is 24.6. The van der Waals surface area contributed by atoms with E-state index >= 15 is 0 Å². The molecular weight excluding hydrogens is 561 g/mol. The smallest absolute Gasteiger partial charge is 0.0201 e. The van der Waals surface area contributed by atoms with Gasteiger partial charge in [-0.05, 0) is 119 Å². The lowest BCUT2D eigenvalue weighted by atomic mass is 9.91. The zero-order chi connectivity index (χ0) is 29.9. The highest BCUT2D eigenvalue weighted by atomic mass is 32.2. The molecule has 0 unspecified atom stereocenters. The molecule has 0 nitrogen and oxygen atoms in total. The number of rotatable bonds is 3. The molecule has 9 rings (SSSR count). The first-order valence-corrected chi connectivity index (χ1v) is 16.2. The van der Waals surface area contributed by atoms with Gasteiger partial charge in [-0.15, -0.1) is 0 Å². The van der Waals surface area contributed by atoms with E-state index in [-0.39, 0.29) is 0 Å². The van der Waals surface area contributed by atoms with Crippen LogP contribution in [0.4, 0.5) is 0 Å². The maximum absolute atomic E-state index is 4.47. The molecule has 45 heavy (non-hydrogen) atoms. The van der Waals surface area contributed by atoms with Crippen LogP contribution in [0, 0.1) is 0 Å². The van der Waals surface area contributed by atoms with Gasteiger partial charge in [-0.1, -0.05) is 140 Å². The fourth-order valence-electron chi connectivity index (χ4n) is 6.95. The first-order valence-electron chi connectivity index (χ1n) is 15.4. The summed E-state index contributed by atoms with van der Waals surface area (Å²) >= 11 is 1.83. The lowest BCUT2D eigenvalue weighted by molar-refractivity contribution is 1.29. The summed E-state index contributed by atoms with van der Waals surface area (Å²) in [4.78, 5) is 2.54. The normalized spacial score (nSPS) is 12.4. The number of fused-ring (bicyclic) bond motifs is 8. The highest BCUT2D eigenvalue weighted by Gasteiger charge is 2.20. The Kier molecular flexibility index (Phi) is 6.01. The summed E-state index contributed by atoms with van der Waals surface area (Å²) in [5.74, 6) is 0. The first kappa shape index (κ1) is 26.1. The molecule has 0 N–H and O–H groups in total. The number of benzene rings is 8. The summed E-state index contributed by atoms with van der Waals surface area (Å²) in [5.41, 5.74) is 10.8. The molecular formula is C44H28S. The molecule has 0 bridgehead atoms. The molecule has 0 atom stereocenters. The van der Waals surface area contributed by atoms with Crippen LogP contribution in [0.1, 0.15) is 11.1 Å². The molecule has 1 aliphatic heterocycles. The van der Waals surface area contributed by atoms with Crippen LogP contribution in [0.5, 0.6) is 0 Å². The van der Waals surface area contributed by atoms with Crippen molar-refractivity contribution < 1.29 is 0 Å². The highest BCUT2D eigenvalue weighted by Crippen LogP contribution is 2.46. The first-order chi connectivity index (χ1) is 22.2. The fraction of sp³-hybridized carbons (Fsp3) is 0. The van der Waals surface area contributed by atoms with Gasteiger partial charge >= 0.3 is 0 Å². The minimum absolute atomic E-state index is 1.10. The Balaban J connectivity index is 1.11. The summed E-state index contributed by atoms with van der Waals surface area (Å²) in [6.45, 7) is 4.47.